The molecule has 0 aliphatic heterocycles. The maximum atomic E-state index is 4.14. The number of imidazole rings is 1. The molecule has 0 fully saturated rings. The van der Waals surface area contributed by atoms with E-state index in [-0.39, 0.29) is 13.5 Å². The van der Waals surface area contributed by atoms with Crippen LogP contribution in [0.5, 0.6) is 0 Å². The minimum atomic E-state index is 0. The first-order valence-electron chi connectivity index (χ1n) is 3.26. The van der Waals surface area contributed by atoms with Crippen molar-refractivity contribution in [3.8, 4) is 0 Å². The molecule has 0 N–H and O–H groups in total. The summed E-state index contributed by atoms with van der Waals surface area (Å²) in [4.78, 5) is 4.14. The molecule has 0 bridgehead atoms. The van der Waals surface area contributed by atoms with Gasteiger partial charge in [0.25, 0.3) is 0 Å². The molecule has 0 amide bonds. The molecule has 0 unspecified atom stereocenters. The number of aromatic nitrogens is 2. The van der Waals surface area contributed by atoms with Gasteiger partial charge in [0.1, 0.15) is 5.65 Å². The Kier molecular flexibility index (Phi) is 2.19. The summed E-state index contributed by atoms with van der Waals surface area (Å²) in [7, 11) is 0. The first-order chi connectivity index (χ1) is 4.88. The van der Waals surface area contributed by atoms with Gasteiger partial charge >= 0.3 is 0 Å². The maximum absolute atomic E-state index is 4.14. The summed E-state index contributed by atoms with van der Waals surface area (Å²) in [5, 5.41) is 0. The molecule has 2 heterocycles. The van der Waals surface area contributed by atoms with E-state index in [1.165, 1.54) is 5.69 Å². The van der Waals surface area contributed by atoms with Crippen LogP contribution in [0.2, 0.25) is 0 Å². The Morgan fingerprint density at radius 2 is 2.18 bits per heavy atom. The topological polar surface area (TPSA) is 17.3 Å². The third-order valence-electron chi connectivity index (χ3n) is 1.63. The Balaban J connectivity index is 0.000000605. The molecule has 58 valence electrons. The Hall–Kier alpha value is -0.960. The van der Waals surface area contributed by atoms with E-state index in [2.05, 4.69) is 22.4 Å². The van der Waals surface area contributed by atoms with Crippen molar-refractivity contribution in [2.75, 3.05) is 0 Å². The highest BCUT2D eigenvalue weighted by Crippen LogP contribution is 2.02. The molecule has 11 heavy (non-hydrogen) atoms. The SMILES string of the molecule is Cc1cccc2nccn12.S. The average Bonchev–Trinajstić information content (AvgIpc) is 2.36. The van der Waals surface area contributed by atoms with Gasteiger partial charge in [-0.15, -0.1) is 0 Å². The molecular formula is C8H10N2S. The molecule has 2 nitrogen and oxygen atoms in total. The lowest BCUT2D eigenvalue weighted by Gasteiger charge is -1.95. The highest BCUT2D eigenvalue weighted by Gasteiger charge is 1.92. The standard InChI is InChI=1S/C8H8N2.H2S/c1-7-3-2-4-8-9-5-6-10(7)8;/h2-6H,1H3;1H2. The Labute approximate surface area is 72.3 Å². The molecular weight excluding hydrogens is 156 g/mol. The number of fused-ring (bicyclic) bond motifs is 1. The van der Waals surface area contributed by atoms with Gasteiger partial charge in [0, 0.05) is 18.1 Å². The third-order valence-corrected chi connectivity index (χ3v) is 1.63. The fraction of sp³-hybridized carbons (Fsp3) is 0.125. The van der Waals surface area contributed by atoms with Gasteiger partial charge in [-0.3, -0.25) is 0 Å². The molecule has 0 aliphatic rings. The van der Waals surface area contributed by atoms with Gasteiger partial charge in [-0.2, -0.15) is 13.5 Å². The molecule has 0 aliphatic carbocycles. The number of hydrogen-bond donors (Lipinski definition) is 0. The minimum absolute atomic E-state index is 0. The first-order valence-corrected chi connectivity index (χ1v) is 3.26. The van der Waals surface area contributed by atoms with Gasteiger partial charge < -0.3 is 4.40 Å². The zero-order valence-corrected chi connectivity index (χ0v) is 7.28. The molecule has 2 aromatic heterocycles. The summed E-state index contributed by atoms with van der Waals surface area (Å²) >= 11 is 0. The molecule has 2 aromatic rings. The van der Waals surface area contributed by atoms with Crippen LogP contribution in [0.3, 0.4) is 0 Å². The van der Waals surface area contributed by atoms with Crippen LogP contribution < -0.4 is 0 Å². The maximum Gasteiger partial charge on any atom is 0.136 e. The van der Waals surface area contributed by atoms with E-state index < -0.39 is 0 Å². The van der Waals surface area contributed by atoms with Crippen molar-refractivity contribution >= 4 is 19.1 Å². The van der Waals surface area contributed by atoms with Crippen molar-refractivity contribution < 1.29 is 0 Å². The van der Waals surface area contributed by atoms with Crippen LogP contribution in [0.25, 0.3) is 5.65 Å². The summed E-state index contributed by atoms with van der Waals surface area (Å²) in [6.45, 7) is 2.06. The van der Waals surface area contributed by atoms with Crippen molar-refractivity contribution in [3.63, 3.8) is 0 Å². The van der Waals surface area contributed by atoms with Crippen LogP contribution in [0.15, 0.2) is 30.6 Å². The second kappa shape index (κ2) is 2.96. The molecule has 0 atom stereocenters. The number of hydrogen-bond acceptors (Lipinski definition) is 1. The zero-order valence-electron chi connectivity index (χ0n) is 6.28. The van der Waals surface area contributed by atoms with E-state index in [1.807, 2.05) is 24.5 Å². The fourth-order valence-corrected chi connectivity index (χ4v) is 1.09. The van der Waals surface area contributed by atoms with Gasteiger partial charge in [0.05, 0.1) is 0 Å². The smallest absolute Gasteiger partial charge is 0.136 e. The van der Waals surface area contributed by atoms with Crippen molar-refractivity contribution in [1.29, 1.82) is 0 Å². The second-order valence-corrected chi connectivity index (χ2v) is 2.32. The largest absolute Gasteiger partial charge is 0.304 e. The quantitative estimate of drug-likeness (QED) is 0.583. The van der Waals surface area contributed by atoms with Gasteiger partial charge in [-0.25, -0.2) is 4.98 Å². The van der Waals surface area contributed by atoms with Crippen LogP contribution in [0.1, 0.15) is 5.69 Å². The third kappa shape index (κ3) is 1.24. The van der Waals surface area contributed by atoms with Gasteiger partial charge in [-0.05, 0) is 19.1 Å². The van der Waals surface area contributed by atoms with Gasteiger partial charge in [0.15, 0.2) is 0 Å². The van der Waals surface area contributed by atoms with Crippen LogP contribution in [-0.2, 0) is 0 Å². The van der Waals surface area contributed by atoms with E-state index in [1.54, 1.807) is 0 Å². The summed E-state index contributed by atoms with van der Waals surface area (Å²) in [6, 6.07) is 6.07. The highest BCUT2D eigenvalue weighted by atomic mass is 32.1. The van der Waals surface area contributed by atoms with Crippen LogP contribution >= 0.6 is 13.5 Å². The zero-order chi connectivity index (χ0) is 6.97. The van der Waals surface area contributed by atoms with Crippen LogP contribution in [-0.4, -0.2) is 9.38 Å². The highest BCUT2D eigenvalue weighted by molar-refractivity contribution is 7.59. The Bertz CT molecular complexity index is 354. The monoisotopic (exact) mass is 166 g/mol. The van der Waals surface area contributed by atoms with Gasteiger partial charge in [0.2, 0.25) is 0 Å². The van der Waals surface area contributed by atoms with Crippen molar-refractivity contribution in [2.45, 2.75) is 6.92 Å². The lowest BCUT2D eigenvalue weighted by molar-refractivity contribution is 1.09. The summed E-state index contributed by atoms with van der Waals surface area (Å²) in [6.07, 6.45) is 3.77. The number of nitrogens with zero attached hydrogens (tertiary/aromatic N) is 2. The second-order valence-electron chi connectivity index (χ2n) is 2.32. The summed E-state index contributed by atoms with van der Waals surface area (Å²) < 4.78 is 2.06. The summed E-state index contributed by atoms with van der Waals surface area (Å²) in [5.41, 5.74) is 2.23. The summed E-state index contributed by atoms with van der Waals surface area (Å²) in [5.74, 6) is 0. The number of aryl methyl sites for hydroxylation is 1. The normalized spacial score (nSPS) is 9.55. The first kappa shape index (κ1) is 8.14. The van der Waals surface area contributed by atoms with Gasteiger partial charge in [-0.1, -0.05) is 6.07 Å². The van der Waals surface area contributed by atoms with E-state index in [0.717, 1.165) is 5.65 Å². The molecule has 0 radical (unpaired) electrons. The van der Waals surface area contributed by atoms with Crippen molar-refractivity contribution in [3.05, 3.63) is 36.3 Å². The fourth-order valence-electron chi connectivity index (χ4n) is 1.09. The molecule has 3 heteroatoms. The Morgan fingerprint density at radius 3 is 2.91 bits per heavy atom. The molecule has 2 rings (SSSR count). The predicted octanol–water partition coefficient (Wildman–Crippen LogP) is 1.76. The van der Waals surface area contributed by atoms with Crippen LogP contribution in [0, 0.1) is 6.92 Å². The van der Waals surface area contributed by atoms with E-state index in [9.17, 15) is 0 Å². The van der Waals surface area contributed by atoms with Crippen molar-refractivity contribution in [2.24, 2.45) is 0 Å². The van der Waals surface area contributed by atoms with E-state index >= 15 is 0 Å². The molecule has 0 aromatic carbocycles. The minimum Gasteiger partial charge on any atom is -0.304 e. The van der Waals surface area contributed by atoms with Crippen LogP contribution in [0.4, 0.5) is 0 Å². The number of pyridine rings is 1. The lowest BCUT2D eigenvalue weighted by atomic mass is 10.4. The lowest BCUT2D eigenvalue weighted by Crippen LogP contribution is -1.86. The molecule has 0 spiro atoms. The molecule has 0 saturated carbocycles. The molecule has 0 saturated heterocycles. The van der Waals surface area contributed by atoms with E-state index in [0.29, 0.717) is 0 Å². The Morgan fingerprint density at radius 1 is 1.36 bits per heavy atom. The average molecular weight is 166 g/mol. The van der Waals surface area contributed by atoms with E-state index in [4.69, 9.17) is 0 Å². The predicted molar refractivity (Wildman–Crippen MR) is 50.3 cm³/mol. The number of rotatable bonds is 0. The van der Waals surface area contributed by atoms with Crippen molar-refractivity contribution in [1.82, 2.24) is 9.38 Å².